The number of Topliss-reactive ketones (excluding diaryl/α,β-unsaturated/α-hetero) is 2. The van der Waals surface area contributed by atoms with Crippen LogP contribution in [0.1, 0.15) is 160 Å². The van der Waals surface area contributed by atoms with Crippen molar-refractivity contribution in [2.75, 3.05) is 0 Å². The Hall–Kier alpha value is -7.74. The Morgan fingerprint density at radius 2 is 0.810 bits per heavy atom. The summed E-state index contributed by atoms with van der Waals surface area (Å²) in [5, 5.41) is 24.4. The molecular weight excluding hydrogens is 1020 g/mol. The zero-order valence-electron chi connectivity index (χ0n) is 47.0. The lowest BCUT2D eigenvalue weighted by Crippen LogP contribution is -2.44. The van der Waals surface area contributed by atoms with Crippen LogP contribution in [-0.4, -0.2) is 103 Å². The van der Waals surface area contributed by atoms with Gasteiger partial charge in [-0.3, -0.25) is 58.0 Å². The summed E-state index contributed by atoms with van der Waals surface area (Å²) in [5.74, 6) is -5.55. The largest absolute Gasteiger partial charge is 0.460 e. The van der Waals surface area contributed by atoms with Gasteiger partial charge < -0.3 is 25.2 Å². The molecule has 79 heavy (non-hydrogen) atoms. The molecule has 6 rings (SSSR count). The zero-order chi connectivity index (χ0) is 59.1. The zero-order valence-corrected chi connectivity index (χ0v) is 47.0. The summed E-state index contributed by atoms with van der Waals surface area (Å²) in [6.45, 7) is 21.3. The Balaban J connectivity index is 0.000000290. The number of esters is 2. The minimum absolute atomic E-state index is 0.000391. The second-order valence-corrected chi connectivity index (χ2v) is 22.0. The first-order chi connectivity index (χ1) is 36.9. The fourth-order valence-electron chi connectivity index (χ4n) is 8.01. The highest BCUT2D eigenvalue weighted by atomic mass is 16.7. The third-order valence-corrected chi connectivity index (χ3v) is 12.5. The van der Waals surface area contributed by atoms with Crippen LogP contribution in [0.25, 0.3) is 0 Å². The van der Waals surface area contributed by atoms with E-state index in [2.05, 4.69) is 10.6 Å². The molecule has 0 bridgehead atoms. The Morgan fingerprint density at radius 1 is 0.494 bits per heavy atom. The van der Waals surface area contributed by atoms with Gasteiger partial charge in [-0.05, 0) is 114 Å². The number of aliphatic hydroxyl groups excluding tert-OH is 1. The number of nitrogens with zero attached hydrogens (tertiary/aromatic N) is 2. The van der Waals surface area contributed by atoms with Gasteiger partial charge >= 0.3 is 11.9 Å². The molecule has 0 aromatic heterocycles. The molecule has 2 heterocycles. The standard InChI is InChI=1S/C30H36N2O7.C22H33NO5.C8H5NO3/c1-18(2)24(16-26(34)39-30(4,5)6)27(35)31-19(3)25(33)15-20-11-13-21(14-12-20)17-38-32-28(36)22-9-7-8-10-23(22)29(32)37;1-14(2)18(12-20(26)28-22(4,5)6)21(27)23-15(3)19(25)11-16-7-9-17(13-24)10-8-16;10-7-5-3-1-2-4-6(5)8(11)9(7)12/h7-14,18-19,24H,15-17H2,1-6H3,(H,31,35);7-10,14-15,18,24H,11-13H2,1-6H3,(H,23,27);1-4,12H/t19-,24?;15-,18?;/m11./s1. The van der Waals surface area contributed by atoms with Gasteiger partial charge in [-0.2, -0.15) is 0 Å². The lowest BCUT2D eigenvalue weighted by molar-refractivity contribution is -0.158. The van der Waals surface area contributed by atoms with E-state index in [0.29, 0.717) is 16.7 Å². The first-order valence-electron chi connectivity index (χ1n) is 26.0. The number of carbonyl (C=O) groups is 10. The highest BCUT2D eigenvalue weighted by Gasteiger charge is 2.37. The first kappa shape index (κ1) is 63.8. The Labute approximate surface area is 461 Å². The smallest absolute Gasteiger partial charge is 0.307 e. The molecule has 0 saturated heterocycles. The van der Waals surface area contributed by atoms with Crippen molar-refractivity contribution in [3.8, 4) is 0 Å². The van der Waals surface area contributed by atoms with Crippen molar-refractivity contribution < 1.29 is 72.6 Å². The summed E-state index contributed by atoms with van der Waals surface area (Å²) in [4.78, 5) is 128. The average molecular weight is 1090 g/mol. The summed E-state index contributed by atoms with van der Waals surface area (Å²) in [7, 11) is 0. The minimum Gasteiger partial charge on any atom is -0.460 e. The highest BCUT2D eigenvalue weighted by molar-refractivity contribution is 6.21. The molecule has 2 aliphatic heterocycles. The van der Waals surface area contributed by atoms with Gasteiger partial charge in [-0.25, -0.2) is 0 Å². The van der Waals surface area contributed by atoms with E-state index in [1.54, 1.807) is 140 Å². The second-order valence-electron chi connectivity index (χ2n) is 22.0. The summed E-state index contributed by atoms with van der Waals surface area (Å²) in [6, 6.07) is 25.6. The number of hydroxylamine groups is 4. The number of ether oxygens (including phenoxy) is 2. The molecule has 0 fully saturated rings. The van der Waals surface area contributed by atoms with Gasteiger partial charge in [0.1, 0.15) is 17.8 Å². The molecule has 4 atom stereocenters. The van der Waals surface area contributed by atoms with Crippen molar-refractivity contribution in [1.82, 2.24) is 20.8 Å². The number of ketones is 2. The molecule has 0 spiro atoms. The van der Waals surface area contributed by atoms with Gasteiger partial charge in [0.2, 0.25) is 11.8 Å². The van der Waals surface area contributed by atoms with Crippen molar-refractivity contribution >= 4 is 58.9 Å². The number of imide groups is 2. The van der Waals surface area contributed by atoms with Crippen molar-refractivity contribution in [2.24, 2.45) is 23.7 Å². The normalized spacial score (nSPS) is 14.4. The number of fused-ring (bicyclic) bond motifs is 2. The van der Waals surface area contributed by atoms with Gasteiger partial charge in [0.05, 0.1) is 65.6 Å². The van der Waals surface area contributed by atoms with Crippen LogP contribution in [0.5, 0.6) is 0 Å². The van der Waals surface area contributed by atoms with Crippen LogP contribution in [0.15, 0.2) is 97.1 Å². The number of nitrogens with one attached hydrogen (secondary N) is 2. The van der Waals surface area contributed by atoms with Gasteiger partial charge in [0, 0.05) is 12.8 Å². The number of rotatable bonds is 20. The molecule has 4 aromatic rings. The molecule has 424 valence electrons. The Kier molecular flexibility index (Phi) is 22.8. The summed E-state index contributed by atoms with van der Waals surface area (Å²) >= 11 is 0. The van der Waals surface area contributed by atoms with E-state index < -0.39 is 70.7 Å². The molecule has 19 nitrogen and oxygen atoms in total. The van der Waals surface area contributed by atoms with Gasteiger partial charge in [-0.15, -0.1) is 10.1 Å². The number of hydrogen-bond acceptors (Lipinski definition) is 15. The molecule has 2 unspecified atom stereocenters. The number of hydrogen-bond donors (Lipinski definition) is 4. The molecule has 4 N–H and O–H groups in total. The van der Waals surface area contributed by atoms with Crippen LogP contribution in [0.4, 0.5) is 0 Å². The van der Waals surface area contributed by atoms with Crippen LogP contribution >= 0.6 is 0 Å². The van der Waals surface area contributed by atoms with E-state index in [9.17, 15) is 47.9 Å². The number of carbonyl (C=O) groups excluding carboxylic acids is 10. The van der Waals surface area contributed by atoms with E-state index in [0.717, 1.165) is 21.8 Å². The maximum Gasteiger partial charge on any atom is 0.307 e. The lowest BCUT2D eigenvalue weighted by Gasteiger charge is -2.25. The quantitative estimate of drug-likeness (QED) is 0.0379. The van der Waals surface area contributed by atoms with E-state index in [1.807, 2.05) is 27.7 Å². The van der Waals surface area contributed by atoms with Gasteiger partial charge in [-0.1, -0.05) is 100 Å². The maximum atomic E-state index is 12.9. The molecule has 0 saturated carbocycles. The summed E-state index contributed by atoms with van der Waals surface area (Å²) < 4.78 is 10.7. The third kappa shape index (κ3) is 19.0. The van der Waals surface area contributed by atoms with E-state index in [1.165, 1.54) is 12.1 Å². The van der Waals surface area contributed by atoms with Crippen molar-refractivity contribution in [1.29, 1.82) is 0 Å². The van der Waals surface area contributed by atoms with Crippen molar-refractivity contribution in [3.63, 3.8) is 0 Å². The number of aliphatic hydroxyl groups is 1. The molecular formula is C60H74N4O15. The van der Waals surface area contributed by atoms with Gasteiger partial charge in [0.25, 0.3) is 23.6 Å². The predicted octanol–water partition coefficient (Wildman–Crippen LogP) is 7.51. The van der Waals surface area contributed by atoms with Crippen molar-refractivity contribution in [3.05, 3.63) is 142 Å². The maximum absolute atomic E-state index is 12.9. The monoisotopic (exact) mass is 1090 g/mol. The minimum atomic E-state index is -0.741. The molecule has 19 heteroatoms. The van der Waals surface area contributed by atoms with E-state index in [-0.39, 0.29) is 90.3 Å². The fraction of sp³-hybridized carbons (Fsp3) is 0.433. The fourth-order valence-corrected chi connectivity index (χ4v) is 8.01. The van der Waals surface area contributed by atoms with Gasteiger partial charge in [0.15, 0.2) is 11.6 Å². The van der Waals surface area contributed by atoms with E-state index >= 15 is 0 Å². The van der Waals surface area contributed by atoms with E-state index in [4.69, 9.17) is 24.6 Å². The highest BCUT2D eigenvalue weighted by Crippen LogP contribution is 2.25. The SMILES string of the molecule is CC(C)C(CC(=O)OC(C)(C)C)C(=O)N[C@H](C)C(=O)Cc1ccc(CO)cc1.CC(C)C(CC(=O)OC(C)(C)C)C(=O)N[C@H](C)C(=O)Cc1ccc(CON2C(=O)c3ccccc3C2=O)cc1.O=C1c2ccccc2C(=O)N1O. The van der Waals surface area contributed by atoms with Crippen LogP contribution in [-0.2, 0) is 69.1 Å². The molecule has 0 aliphatic carbocycles. The third-order valence-electron chi connectivity index (χ3n) is 12.5. The molecule has 4 aromatic carbocycles. The Morgan fingerprint density at radius 3 is 1.13 bits per heavy atom. The Bertz CT molecular complexity index is 2790. The topological polar surface area (TPSA) is 269 Å². The van der Waals surface area contributed by atoms with Crippen LogP contribution < -0.4 is 10.6 Å². The summed E-state index contributed by atoms with van der Waals surface area (Å²) in [5.41, 5.74) is 2.92. The van der Waals surface area contributed by atoms with Crippen LogP contribution in [0, 0.1) is 23.7 Å². The molecule has 2 aliphatic rings. The number of benzene rings is 4. The average Bonchev–Trinajstić information content (AvgIpc) is 3.83. The summed E-state index contributed by atoms with van der Waals surface area (Å²) in [6.07, 6.45) is 0.196. The predicted molar refractivity (Wildman–Crippen MR) is 289 cm³/mol. The van der Waals surface area contributed by atoms with Crippen LogP contribution in [0.3, 0.4) is 0 Å². The first-order valence-corrected chi connectivity index (χ1v) is 26.0. The molecule has 6 amide bonds. The lowest BCUT2D eigenvalue weighted by atomic mass is 9.91. The second kappa shape index (κ2) is 28.2. The number of amides is 6. The van der Waals surface area contributed by atoms with Crippen LogP contribution in [0.2, 0.25) is 0 Å². The van der Waals surface area contributed by atoms with Crippen molar-refractivity contribution in [2.45, 2.75) is 145 Å². The molecule has 0 radical (unpaired) electrons.